The van der Waals surface area contributed by atoms with Gasteiger partial charge in [0.2, 0.25) is 5.16 Å². The molecule has 0 saturated heterocycles. The summed E-state index contributed by atoms with van der Waals surface area (Å²) in [5.41, 5.74) is 0. The highest BCUT2D eigenvalue weighted by Crippen LogP contribution is 2.13. The van der Waals surface area contributed by atoms with Crippen molar-refractivity contribution in [2.24, 2.45) is 7.05 Å². The summed E-state index contributed by atoms with van der Waals surface area (Å²) in [4.78, 5) is 4.02. The Kier molecular flexibility index (Phi) is 2.77. The van der Waals surface area contributed by atoms with E-state index in [-0.39, 0.29) is 0 Å². The van der Waals surface area contributed by atoms with Gasteiger partial charge in [-0.1, -0.05) is 34.4 Å². The Morgan fingerprint density at radius 2 is 2.67 bits per heavy atom. The summed E-state index contributed by atoms with van der Waals surface area (Å²) < 4.78 is 2.70. The quantitative estimate of drug-likeness (QED) is 0.453. The number of thioether (sulfide) groups is 1. The first-order chi connectivity index (χ1) is 4.33. The van der Waals surface area contributed by atoms with E-state index in [9.17, 15) is 0 Å². The van der Waals surface area contributed by atoms with Crippen LogP contribution in [-0.4, -0.2) is 18.5 Å². The van der Waals surface area contributed by atoms with Gasteiger partial charge in [0, 0.05) is 7.05 Å². The van der Waals surface area contributed by atoms with Crippen LogP contribution in [0.2, 0.25) is 0 Å². The first kappa shape index (κ1) is 7.33. The summed E-state index contributed by atoms with van der Waals surface area (Å²) in [5.74, 6) is 0. The Hall–Kier alpha value is 0.220. The van der Waals surface area contributed by atoms with Crippen LogP contribution in [0.15, 0.2) is 11.5 Å². The predicted octanol–water partition coefficient (Wildman–Crippen LogP) is 1.30. The summed E-state index contributed by atoms with van der Waals surface area (Å²) in [6.07, 6.45) is 1.70. The maximum atomic E-state index is 4.06. The summed E-state index contributed by atoms with van der Waals surface area (Å²) in [6, 6.07) is 0. The van der Waals surface area contributed by atoms with Gasteiger partial charge in [-0.3, -0.25) is 4.68 Å². The fraction of sp³-hybridized carbons (Fsp3) is 0.500. The lowest BCUT2D eigenvalue weighted by Gasteiger charge is -1.84. The van der Waals surface area contributed by atoms with Crippen LogP contribution >= 0.6 is 34.4 Å². The molecule has 0 aliphatic rings. The van der Waals surface area contributed by atoms with Gasteiger partial charge in [0.15, 0.2) is 0 Å². The monoisotopic (exact) mass is 255 g/mol. The van der Waals surface area contributed by atoms with Gasteiger partial charge >= 0.3 is 0 Å². The molecule has 0 amide bonds. The van der Waals surface area contributed by atoms with Gasteiger partial charge in [-0.05, 0) is 0 Å². The molecule has 0 aliphatic carbocycles. The zero-order chi connectivity index (χ0) is 6.69. The van der Waals surface area contributed by atoms with Crippen molar-refractivity contribution in [2.45, 2.75) is 5.16 Å². The van der Waals surface area contributed by atoms with Gasteiger partial charge < -0.3 is 0 Å². The van der Waals surface area contributed by atoms with E-state index < -0.39 is 0 Å². The lowest BCUT2D eigenvalue weighted by Crippen LogP contribution is -1.86. The van der Waals surface area contributed by atoms with Crippen LogP contribution in [0.3, 0.4) is 0 Å². The molecule has 0 aliphatic heterocycles. The molecule has 0 saturated carbocycles. The van der Waals surface area contributed by atoms with Crippen molar-refractivity contribution in [1.82, 2.24) is 14.8 Å². The van der Waals surface area contributed by atoms with Crippen molar-refractivity contribution in [3.63, 3.8) is 0 Å². The number of hydrogen-bond donors (Lipinski definition) is 0. The van der Waals surface area contributed by atoms with Crippen LogP contribution in [0.5, 0.6) is 0 Å². The SMILES string of the molecule is Cn1cnc(SCI)n1. The normalized spacial score (nSPS) is 10.0. The summed E-state index contributed by atoms with van der Waals surface area (Å²) in [5, 5.41) is 4.92. The molecule has 0 aromatic carbocycles. The molecule has 0 spiro atoms. The molecular formula is C4H6IN3S. The lowest BCUT2D eigenvalue weighted by molar-refractivity contribution is 0.738. The van der Waals surface area contributed by atoms with Crippen molar-refractivity contribution in [1.29, 1.82) is 0 Å². The lowest BCUT2D eigenvalue weighted by atomic mass is 11.2. The number of hydrogen-bond acceptors (Lipinski definition) is 3. The molecule has 1 rings (SSSR count). The van der Waals surface area contributed by atoms with Gasteiger partial charge in [0.1, 0.15) is 6.33 Å². The number of alkyl halides is 1. The minimum Gasteiger partial charge on any atom is -0.255 e. The second-order valence-electron chi connectivity index (χ2n) is 1.45. The summed E-state index contributed by atoms with van der Waals surface area (Å²) >= 11 is 3.91. The average Bonchev–Trinajstić information content (AvgIpc) is 2.17. The number of aromatic nitrogens is 3. The van der Waals surface area contributed by atoms with E-state index in [1.165, 1.54) is 0 Å². The van der Waals surface area contributed by atoms with E-state index in [4.69, 9.17) is 0 Å². The van der Waals surface area contributed by atoms with E-state index in [2.05, 4.69) is 32.7 Å². The number of aryl methyl sites for hydroxylation is 1. The van der Waals surface area contributed by atoms with Crippen molar-refractivity contribution in [2.75, 3.05) is 3.76 Å². The predicted molar refractivity (Wildman–Crippen MR) is 45.7 cm³/mol. The van der Waals surface area contributed by atoms with Crippen LogP contribution in [0, 0.1) is 0 Å². The topological polar surface area (TPSA) is 30.7 Å². The van der Waals surface area contributed by atoms with Crippen molar-refractivity contribution >= 4 is 34.4 Å². The first-order valence-electron chi connectivity index (χ1n) is 2.37. The van der Waals surface area contributed by atoms with Gasteiger partial charge in [0.05, 0.1) is 3.76 Å². The third-order valence-electron chi connectivity index (χ3n) is 0.762. The number of rotatable bonds is 2. The highest BCUT2D eigenvalue weighted by Gasteiger charge is 1.94. The van der Waals surface area contributed by atoms with E-state index in [1.807, 2.05) is 7.05 Å². The zero-order valence-corrected chi connectivity index (χ0v) is 7.89. The largest absolute Gasteiger partial charge is 0.255 e. The third kappa shape index (κ3) is 2.13. The fourth-order valence-electron chi connectivity index (χ4n) is 0.434. The smallest absolute Gasteiger partial charge is 0.209 e. The molecule has 1 heterocycles. The first-order valence-corrected chi connectivity index (χ1v) is 4.88. The highest BCUT2D eigenvalue weighted by atomic mass is 127. The van der Waals surface area contributed by atoms with E-state index >= 15 is 0 Å². The molecule has 9 heavy (non-hydrogen) atoms. The molecule has 0 bridgehead atoms. The number of halogens is 1. The van der Waals surface area contributed by atoms with Crippen molar-refractivity contribution < 1.29 is 0 Å². The van der Waals surface area contributed by atoms with E-state index in [0.29, 0.717) is 0 Å². The van der Waals surface area contributed by atoms with Crippen LogP contribution in [0.1, 0.15) is 0 Å². The van der Waals surface area contributed by atoms with Gasteiger partial charge in [0.25, 0.3) is 0 Å². The van der Waals surface area contributed by atoms with E-state index in [0.717, 1.165) is 8.92 Å². The standard InChI is InChI=1S/C4H6IN3S/c1-8-3-6-4(7-8)9-2-5/h3H,2H2,1H3. The molecule has 0 radical (unpaired) electrons. The maximum Gasteiger partial charge on any atom is 0.209 e. The van der Waals surface area contributed by atoms with E-state index in [1.54, 1.807) is 22.8 Å². The Morgan fingerprint density at radius 1 is 1.89 bits per heavy atom. The Balaban J connectivity index is 2.61. The number of nitrogens with zero attached hydrogens (tertiary/aromatic N) is 3. The molecule has 3 nitrogen and oxygen atoms in total. The molecule has 5 heteroatoms. The molecule has 1 aromatic heterocycles. The Bertz CT molecular complexity index is 188. The van der Waals surface area contributed by atoms with Crippen molar-refractivity contribution in [3.05, 3.63) is 6.33 Å². The molecule has 0 fully saturated rings. The molecule has 1 aromatic rings. The van der Waals surface area contributed by atoms with Crippen LogP contribution < -0.4 is 0 Å². The van der Waals surface area contributed by atoms with Crippen LogP contribution in [0.4, 0.5) is 0 Å². The van der Waals surface area contributed by atoms with Crippen LogP contribution in [0.25, 0.3) is 0 Å². The van der Waals surface area contributed by atoms with Crippen molar-refractivity contribution in [3.8, 4) is 0 Å². The van der Waals surface area contributed by atoms with Crippen LogP contribution in [-0.2, 0) is 7.05 Å². The molecule has 0 atom stereocenters. The molecule has 50 valence electrons. The summed E-state index contributed by atoms with van der Waals surface area (Å²) in [6.45, 7) is 0. The fourth-order valence-corrected chi connectivity index (χ4v) is 1.68. The maximum absolute atomic E-state index is 4.06. The minimum absolute atomic E-state index is 0.854. The third-order valence-corrected chi connectivity index (χ3v) is 2.25. The van der Waals surface area contributed by atoms with Gasteiger partial charge in [-0.25, -0.2) is 4.98 Å². The second kappa shape index (κ2) is 3.40. The average molecular weight is 255 g/mol. The molecule has 0 unspecified atom stereocenters. The van der Waals surface area contributed by atoms with Gasteiger partial charge in [-0.2, -0.15) is 0 Å². The zero-order valence-electron chi connectivity index (χ0n) is 4.91. The Labute approximate surface area is 71.4 Å². The Morgan fingerprint density at radius 3 is 3.11 bits per heavy atom. The highest BCUT2D eigenvalue weighted by molar-refractivity contribution is 14.1. The summed E-state index contributed by atoms with van der Waals surface area (Å²) in [7, 11) is 1.87. The minimum atomic E-state index is 0.854. The van der Waals surface area contributed by atoms with Gasteiger partial charge in [-0.15, -0.1) is 5.10 Å². The second-order valence-corrected chi connectivity index (χ2v) is 4.19. The molecule has 0 N–H and O–H groups in total. The molecular weight excluding hydrogens is 249 g/mol.